The second kappa shape index (κ2) is 2.75. The molecular weight excluding hydrogens is 165 g/mol. The molecule has 0 aliphatic rings. The van der Waals surface area contributed by atoms with E-state index in [4.69, 9.17) is 20.4 Å². The van der Waals surface area contributed by atoms with Gasteiger partial charge in [0.05, 0.1) is 5.69 Å². The van der Waals surface area contributed by atoms with Gasteiger partial charge in [-0.2, -0.15) is 14.7 Å². The monoisotopic (exact) mass is 174 g/mol. The van der Waals surface area contributed by atoms with Gasteiger partial charge in [-0.3, -0.25) is 0 Å². The zero-order valence-electron chi connectivity index (χ0n) is 5.68. The molecule has 1 aromatic carbocycles. The SMILES string of the molecule is Nc1ccccc1[P+](O)(O)O. The van der Waals surface area contributed by atoms with E-state index >= 15 is 0 Å². The number of benzene rings is 1. The lowest BCUT2D eigenvalue weighted by Gasteiger charge is -2.04. The van der Waals surface area contributed by atoms with Gasteiger partial charge in [0.1, 0.15) is 0 Å². The zero-order chi connectivity index (χ0) is 8.48. The highest BCUT2D eigenvalue weighted by molar-refractivity contribution is 7.67. The van der Waals surface area contributed by atoms with Gasteiger partial charge in [-0.05, 0) is 12.1 Å². The minimum atomic E-state index is -3.93. The summed E-state index contributed by atoms with van der Waals surface area (Å²) in [5.41, 5.74) is 5.54. The van der Waals surface area contributed by atoms with Crippen LogP contribution < -0.4 is 11.0 Å². The molecule has 0 bridgehead atoms. The van der Waals surface area contributed by atoms with Gasteiger partial charge in [-0.25, -0.2) is 0 Å². The molecule has 0 aliphatic heterocycles. The molecule has 0 fully saturated rings. The molecule has 5 N–H and O–H groups in total. The predicted octanol–water partition coefficient (Wildman–Crippen LogP) is -0.366. The molecular formula is C6H9NO3P+. The Labute approximate surface area is 64.5 Å². The molecule has 1 aromatic rings. The molecule has 0 unspecified atom stereocenters. The van der Waals surface area contributed by atoms with E-state index in [0.29, 0.717) is 0 Å². The first-order chi connectivity index (χ1) is 5.02. The fraction of sp³-hybridized carbons (Fsp3) is 0. The Bertz CT molecular complexity index is 258. The van der Waals surface area contributed by atoms with Gasteiger partial charge in [-0.15, -0.1) is 0 Å². The molecule has 0 heterocycles. The van der Waals surface area contributed by atoms with Crippen LogP contribution in [0.3, 0.4) is 0 Å². The maximum absolute atomic E-state index is 8.81. The molecule has 60 valence electrons. The number of nitrogens with two attached hydrogens (primary N) is 1. The van der Waals surface area contributed by atoms with Crippen molar-refractivity contribution in [3.63, 3.8) is 0 Å². The molecule has 0 aromatic heterocycles. The molecule has 0 aliphatic carbocycles. The molecule has 11 heavy (non-hydrogen) atoms. The molecule has 0 saturated heterocycles. The van der Waals surface area contributed by atoms with Crippen LogP contribution in [0.5, 0.6) is 0 Å². The third-order valence-corrected chi connectivity index (χ3v) is 2.31. The van der Waals surface area contributed by atoms with Crippen LogP contribution in [0.1, 0.15) is 0 Å². The van der Waals surface area contributed by atoms with Crippen molar-refractivity contribution in [2.75, 3.05) is 5.73 Å². The normalized spacial score (nSPS) is 11.5. The van der Waals surface area contributed by atoms with Crippen LogP contribution in [0.4, 0.5) is 5.69 Å². The highest BCUT2D eigenvalue weighted by Crippen LogP contribution is 2.44. The lowest BCUT2D eigenvalue weighted by Crippen LogP contribution is -2.13. The molecule has 1 rings (SSSR count). The first kappa shape index (κ1) is 8.43. The molecule has 5 heteroatoms. The van der Waals surface area contributed by atoms with Crippen LogP contribution in [0.15, 0.2) is 24.3 Å². The smallest absolute Gasteiger partial charge is 0.395 e. The third kappa shape index (κ3) is 1.88. The van der Waals surface area contributed by atoms with Gasteiger partial charge in [0.25, 0.3) is 0 Å². The van der Waals surface area contributed by atoms with Gasteiger partial charge in [0.15, 0.2) is 0 Å². The summed E-state index contributed by atoms with van der Waals surface area (Å²) in [6.07, 6.45) is 0. The summed E-state index contributed by atoms with van der Waals surface area (Å²) in [6, 6.07) is 6.09. The Kier molecular flexibility index (Phi) is 2.11. The summed E-state index contributed by atoms with van der Waals surface area (Å²) in [5, 5.41) is 0.000000000000000222. The summed E-state index contributed by atoms with van der Waals surface area (Å²) in [6.45, 7) is 0. The van der Waals surface area contributed by atoms with Gasteiger partial charge in [0.2, 0.25) is 5.30 Å². The topological polar surface area (TPSA) is 86.7 Å². The van der Waals surface area contributed by atoms with Gasteiger partial charge >= 0.3 is 7.94 Å². The second-order valence-electron chi connectivity index (χ2n) is 2.13. The first-order valence-electron chi connectivity index (χ1n) is 2.94. The van der Waals surface area contributed by atoms with Crippen molar-refractivity contribution in [3.05, 3.63) is 24.3 Å². The Hall–Kier alpha value is -0.670. The first-order valence-corrected chi connectivity index (χ1v) is 4.59. The number of para-hydroxylation sites is 1. The zero-order valence-corrected chi connectivity index (χ0v) is 6.57. The quantitative estimate of drug-likeness (QED) is 0.345. The third-order valence-electron chi connectivity index (χ3n) is 1.26. The average Bonchev–Trinajstić information content (AvgIpc) is 1.86. The van der Waals surface area contributed by atoms with Gasteiger partial charge in [-0.1, -0.05) is 12.1 Å². The second-order valence-corrected chi connectivity index (χ2v) is 3.75. The minimum Gasteiger partial charge on any atom is -0.395 e. The van der Waals surface area contributed by atoms with Gasteiger partial charge in [0, 0.05) is 0 Å². The number of rotatable bonds is 1. The fourth-order valence-corrected chi connectivity index (χ4v) is 1.47. The van der Waals surface area contributed by atoms with Crippen molar-refractivity contribution in [1.29, 1.82) is 0 Å². The Morgan fingerprint density at radius 2 is 1.64 bits per heavy atom. The molecule has 0 radical (unpaired) electrons. The Balaban J connectivity index is 3.14. The summed E-state index contributed by atoms with van der Waals surface area (Å²) in [7, 11) is -3.93. The summed E-state index contributed by atoms with van der Waals surface area (Å²) in [5.74, 6) is 0. The van der Waals surface area contributed by atoms with Crippen LogP contribution in [0, 0.1) is 0 Å². The highest BCUT2D eigenvalue weighted by Gasteiger charge is 2.35. The maximum atomic E-state index is 8.81. The Morgan fingerprint density at radius 1 is 1.09 bits per heavy atom. The lowest BCUT2D eigenvalue weighted by molar-refractivity contribution is 0.347. The maximum Gasteiger partial charge on any atom is 0.443 e. The number of anilines is 1. The van der Waals surface area contributed by atoms with Crippen molar-refractivity contribution in [3.8, 4) is 0 Å². The van der Waals surface area contributed by atoms with Crippen molar-refractivity contribution < 1.29 is 14.7 Å². The fourth-order valence-electron chi connectivity index (χ4n) is 0.761. The van der Waals surface area contributed by atoms with Crippen molar-refractivity contribution >= 4 is 18.9 Å². The van der Waals surface area contributed by atoms with Crippen molar-refractivity contribution in [2.24, 2.45) is 0 Å². The van der Waals surface area contributed by atoms with E-state index in [9.17, 15) is 0 Å². The Morgan fingerprint density at radius 3 is 2.00 bits per heavy atom. The molecule has 4 nitrogen and oxygen atoms in total. The van der Waals surface area contributed by atoms with E-state index in [2.05, 4.69) is 0 Å². The van der Waals surface area contributed by atoms with Gasteiger partial charge < -0.3 is 5.73 Å². The van der Waals surface area contributed by atoms with Crippen molar-refractivity contribution in [1.82, 2.24) is 0 Å². The number of hydrogen-bond donors (Lipinski definition) is 4. The number of hydrogen-bond acceptors (Lipinski definition) is 4. The highest BCUT2D eigenvalue weighted by atomic mass is 31.2. The van der Waals surface area contributed by atoms with Crippen LogP contribution in [0.2, 0.25) is 0 Å². The lowest BCUT2D eigenvalue weighted by atomic mass is 10.3. The van der Waals surface area contributed by atoms with Crippen LogP contribution in [-0.4, -0.2) is 14.7 Å². The summed E-state index contributed by atoms with van der Waals surface area (Å²) < 4.78 is 0. The van der Waals surface area contributed by atoms with E-state index in [1.54, 1.807) is 12.1 Å². The standard InChI is InChI=1S/C6H9NO3P/c7-5-3-1-2-4-6(5)11(8,9)10/h1-4,8-10H,7H2/q+1. The van der Waals surface area contributed by atoms with Crippen LogP contribution >= 0.6 is 7.94 Å². The summed E-state index contributed by atoms with van der Waals surface area (Å²) >= 11 is 0. The van der Waals surface area contributed by atoms with Crippen LogP contribution in [0.25, 0.3) is 0 Å². The largest absolute Gasteiger partial charge is 0.443 e. The molecule has 0 amide bonds. The van der Waals surface area contributed by atoms with Crippen molar-refractivity contribution in [2.45, 2.75) is 0 Å². The molecule has 0 atom stereocenters. The molecule has 0 spiro atoms. The van der Waals surface area contributed by atoms with Crippen LogP contribution in [-0.2, 0) is 0 Å². The van der Waals surface area contributed by atoms with E-state index < -0.39 is 7.94 Å². The number of nitrogen functional groups attached to an aromatic ring is 1. The molecule has 0 saturated carbocycles. The average molecular weight is 174 g/mol. The summed E-state index contributed by atoms with van der Waals surface area (Å²) in [4.78, 5) is 26.4. The van der Waals surface area contributed by atoms with E-state index in [-0.39, 0.29) is 11.0 Å². The predicted molar refractivity (Wildman–Crippen MR) is 44.1 cm³/mol. The van der Waals surface area contributed by atoms with E-state index in [1.165, 1.54) is 12.1 Å². The van der Waals surface area contributed by atoms with E-state index in [0.717, 1.165) is 0 Å². The minimum absolute atomic E-state index is 0.000000000000000222. The van der Waals surface area contributed by atoms with E-state index in [1.807, 2.05) is 0 Å².